The van der Waals surface area contributed by atoms with E-state index in [0.29, 0.717) is 6.01 Å². The van der Waals surface area contributed by atoms with E-state index < -0.39 is 0 Å². The minimum absolute atomic E-state index is 0.0213. The van der Waals surface area contributed by atoms with Gasteiger partial charge in [0, 0.05) is 6.54 Å². The molecule has 5 heteroatoms. The lowest BCUT2D eigenvalue weighted by atomic mass is 10.3. The van der Waals surface area contributed by atoms with Crippen LogP contribution in [-0.2, 0) is 0 Å². The van der Waals surface area contributed by atoms with Crippen LogP contribution in [0.1, 0.15) is 6.92 Å². The molecule has 0 radical (unpaired) electrons. The number of hydrogen-bond acceptors (Lipinski definition) is 5. The predicted octanol–water partition coefficient (Wildman–Crippen LogP) is 1.01. The van der Waals surface area contributed by atoms with Crippen molar-refractivity contribution < 1.29 is 4.74 Å². The van der Waals surface area contributed by atoms with Crippen LogP contribution in [0.25, 0.3) is 11.0 Å². The van der Waals surface area contributed by atoms with Crippen LogP contribution in [-0.4, -0.2) is 34.9 Å². The van der Waals surface area contributed by atoms with Crippen LogP contribution in [0, 0.1) is 0 Å². The summed E-state index contributed by atoms with van der Waals surface area (Å²) in [4.78, 5) is 4.27. The highest BCUT2D eigenvalue weighted by molar-refractivity contribution is 5.73. The molecule has 0 saturated heterocycles. The Balaban J connectivity index is 2.19. The second-order valence-electron chi connectivity index (χ2n) is 3.57. The first-order chi connectivity index (χ1) is 7.79. The predicted molar refractivity (Wildman–Crippen MR) is 61.3 cm³/mol. The molecule has 0 amide bonds. The summed E-state index contributed by atoms with van der Waals surface area (Å²) in [6, 6.07) is 7.90. The first-order valence-electron chi connectivity index (χ1n) is 5.20. The molecule has 1 atom stereocenters. The maximum absolute atomic E-state index is 5.52. The molecule has 1 aromatic carbocycles. The molecule has 84 valence electrons. The van der Waals surface area contributed by atoms with Crippen LogP contribution in [0.4, 0.5) is 0 Å². The normalized spacial score (nSPS) is 12.6. The molecule has 16 heavy (non-hydrogen) atoms. The molecule has 0 aliphatic rings. The second kappa shape index (κ2) is 4.85. The van der Waals surface area contributed by atoms with Crippen molar-refractivity contribution in [3.63, 3.8) is 0 Å². The fourth-order valence-electron chi connectivity index (χ4n) is 1.42. The van der Waals surface area contributed by atoms with E-state index in [4.69, 9.17) is 4.74 Å². The molecule has 0 aliphatic heterocycles. The van der Waals surface area contributed by atoms with Gasteiger partial charge in [-0.2, -0.15) is 4.98 Å². The minimum atomic E-state index is 0.0213. The molecule has 2 aromatic rings. The highest BCUT2D eigenvalue weighted by Crippen LogP contribution is 2.10. The van der Waals surface area contributed by atoms with Gasteiger partial charge < -0.3 is 10.1 Å². The number of ether oxygens (including phenoxy) is 1. The van der Waals surface area contributed by atoms with Crippen molar-refractivity contribution >= 4 is 11.0 Å². The zero-order valence-electron chi connectivity index (χ0n) is 9.34. The van der Waals surface area contributed by atoms with Crippen molar-refractivity contribution in [2.75, 3.05) is 13.6 Å². The summed E-state index contributed by atoms with van der Waals surface area (Å²) in [5, 5.41) is 11.0. The molecular weight excluding hydrogens is 204 g/mol. The number of benzene rings is 1. The van der Waals surface area contributed by atoms with Crippen LogP contribution >= 0.6 is 0 Å². The summed E-state index contributed by atoms with van der Waals surface area (Å²) in [6.45, 7) is 2.70. The Kier molecular flexibility index (Phi) is 3.26. The Bertz CT molecular complexity index is 474. The van der Waals surface area contributed by atoms with Gasteiger partial charge in [0.1, 0.15) is 11.6 Å². The topological polar surface area (TPSA) is 59.9 Å². The van der Waals surface area contributed by atoms with Crippen molar-refractivity contribution in [1.29, 1.82) is 0 Å². The van der Waals surface area contributed by atoms with Gasteiger partial charge >= 0.3 is 6.01 Å². The third-order valence-electron chi connectivity index (χ3n) is 2.14. The van der Waals surface area contributed by atoms with Gasteiger partial charge in [-0.1, -0.05) is 17.2 Å². The van der Waals surface area contributed by atoms with Crippen molar-refractivity contribution in [2.24, 2.45) is 0 Å². The first kappa shape index (κ1) is 10.8. The van der Waals surface area contributed by atoms with E-state index in [1.54, 1.807) is 0 Å². The van der Waals surface area contributed by atoms with Gasteiger partial charge in [0.25, 0.3) is 0 Å². The van der Waals surface area contributed by atoms with Gasteiger partial charge in [0.2, 0.25) is 0 Å². The third kappa shape index (κ3) is 2.43. The largest absolute Gasteiger partial charge is 0.458 e. The Morgan fingerprint density at radius 1 is 1.25 bits per heavy atom. The van der Waals surface area contributed by atoms with Crippen molar-refractivity contribution in [3.05, 3.63) is 24.3 Å². The number of rotatable bonds is 4. The maximum Gasteiger partial charge on any atom is 0.336 e. The summed E-state index contributed by atoms with van der Waals surface area (Å²) < 4.78 is 5.52. The van der Waals surface area contributed by atoms with E-state index in [1.807, 2.05) is 38.2 Å². The van der Waals surface area contributed by atoms with Crippen molar-refractivity contribution in [2.45, 2.75) is 13.0 Å². The first-order valence-corrected chi connectivity index (χ1v) is 5.20. The van der Waals surface area contributed by atoms with Crippen LogP contribution in [0.15, 0.2) is 24.3 Å². The van der Waals surface area contributed by atoms with Crippen molar-refractivity contribution in [1.82, 2.24) is 20.5 Å². The molecule has 0 aliphatic carbocycles. The van der Waals surface area contributed by atoms with E-state index in [-0.39, 0.29) is 6.10 Å². The molecule has 2 rings (SSSR count). The lowest BCUT2D eigenvalue weighted by molar-refractivity contribution is 0.201. The van der Waals surface area contributed by atoms with Gasteiger partial charge in [-0.15, -0.1) is 5.10 Å². The number of nitrogens with one attached hydrogen (secondary N) is 1. The van der Waals surface area contributed by atoms with Crippen LogP contribution in [0.3, 0.4) is 0 Å². The smallest absolute Gasteiger partial charge is 0.336 e. The van der Waals surface area contributed by atoms with E-state index in [9.17, 15) is 0 Å². The minimum Gasteiger partial charge on any atom is -0.458 e. The number of likely N-dealkylation sites (N-methyl/N-ethyl adjacent to an activating group) is 1. The molecule has 5 nitrogen and oxygen atoms in total. The second-order valence-corrected chi connectivity index (χ2v) is 3.57. The highest BCUT2D eigenvalue weighted by Gasteiger charge is 2.06. The van der Waals surface area contributed by atoms with Gasteiger partial charge in [-0.05, 0) is 26.1 Å². The van der Waals surface area contributed by atoms with Crippen LogP contribution in [0.5, 0.6) is 6.01 Å². The summed E-state index contributed by atoms with van der Waals surface area (Å²) in [5.41, 5.74) is 1.57. The average molecular weight is 218 g/mol. The third-order valence-corrected chi connectivity index (χ3v) is 2.14. The van der Waals surface area contributed by atoms with E-state index in [0.717, 1.165) is 17.6 Å². The molecule has 1 aromatic heterocycles. The van der Waals surface area contributed by atoms with Gasteiger partial charge in [-0.25, -0.2) is 0 Å². The number of aromatic nitrogens is 3. The molecule has 1 heterocycles. The Morgan fingerprint density at radius 2 is 2.00 bits per heavy atom. The van der Waals surface area contributed by atoms with E-state index >= 15 is 0 Å². The summed E-state index contributed by atoms with van der Waals surface area (Å²) in [5.74, 6) is 0. The Labute approximate surface area is 93.9 Å². The van der Waals surface area contributed by atoms with E-state index in [1.165, 1.54) is 0 Å². The van der Waals surface area contributed by atoms with E-state index in [2.05, 4.69) is 20.5 Å². The highest BCUT2D eigenvalue weighted by atomic mass is 16.5. The molecule has 0 spiro atoms. The molecule has 0 bridgehead atoms. The molecule has 1 N–H and O–H groups in total. The monoisotopic (exact) mass is 218 g/mol. The summed E-state index contributed by atoms with van der Waals surface area (Å²) in [6.07, 6.45) is 0.0213. The summed E-state index contributed by atoms with van der Waals surface area (Å²) >= 11 is 0. The van der Waals surface area contributed by atoms with Gasteiger partial charge in [0.05, 0.1) is 5.52 Å². The lowest BCUT2D eigenvalue weighted by Crippen LogP contribution is -2.26. The van der Waals surface area contributed by atoms with Crippen LogP contribution in [0.2, 0.25) is 0 Å². The Morgan fingerprint density at radius 3 is 2.75 bits per heavy atom. The number of fused-ring (bicyclic) bond motifs is 1. The molecular formula is C11H14N4O. The number of para-hydroxylation sites is 1. The lowest BCUT2D eigenvalue weighted by Gasteiger charge is -2.11. The molecule has 0 saturated carbocycles. The fraction of sp³-hybridized carbons (Fsp3) is 0.364. The zero-order chi connectivity index (χ0) is 11.4. The number of hydrogen-bond donors (Lipinski definition) is 1. The Hall–Kier alpha value is -1.75. The zero-order valence-corrected chi connectivity index (χ0v) is 9.34. The maximum atomic E-state index is 5.52. The van der Waals surface area contributed by atoms with Crippen LogP contribution < -0.4 is 10.1 Å². The quantitative estimate of drug-likeness (QED) is 0.830. The van der Waals surface area contributed by atoms with Gasteiger partial charge in [-0.3, -0.25) is 0 Å². The fourth-order valence-corrected chi connectivity index (χ4v) is 1.42. The standard InChI is InChI=1S/C11H14N4O/c1-8(7-12-2)16-11-13-9-5-3-4-6-10(9)14-15-11/h3-6,8,12H,7H2,1-2H3. The molecule has 0 fully saturated rings. The SMILES string of the molecule is CNCC(C)Oc1nnc2ccccc2n1. The number of nitrogens with zero attached hydrogens (tertiary/aromatic N) is 3. The summed E-state index contributed by atoms with van der Waals surface area (Å²) in [7, 11) is 1.87. The average Bonchev–Trinajstić information content (AvgIpc) is 2.29. The van der Waals surface area contributed by atoms with Gasteiger partial charge in [0.15, 0.2) is 0 Å². The molecule has 1 unspecified atom stereocenters. The van der Waals surface area contributed by atoms with Crippen molar-refractivity contribution in [3.8, 4) is 6.01 Å².